The number of esters is 1. The molecule has 35 heavy (non-hydrogen) atoms. The second-order valence-electron chi connectivity index (χ2n) is 9.00. The van der Waals surface area contributed by atoms with E-state index in [2.05, 4.69) is 5.32 Å². The fraction of sp³-hybridized carbons (Fsp3) is 0.357. The average molecular weight is 475 g/mol. The Hall–Kier alpha value is -3.74. The van der Waals surface area contributed by atoms with Crippen molar-refractivity contribution in [1.82, 2.24) is 0 Å². The molecule has 2 aromatic carbocycles. The highest BCUT2D eigenvalue weighted by molar-refractivity contribution is 6.22. The molecule has 3 atom stereocenters. The van der Waals surface area contributed by atoms with Crippen molar-refractivity contribution >= 4 is 35.1 Å². The lowest BCUT2D eigenvalue weighted by Gasteiger charge is -2.22. The molecule has 0 saturated carbocycles. The van der Waals surface area contributed by atoms with Crippen LogP contribution in [0, 0.1) is 17.8 Å². The van der Waals surface area contributed by atoms with Crippen LogP contribution in [0.1, 0.15) is 48.7 Å². The third-order valence-corrected chi connectivity index (χ3v) is 6.83. The summed E-state index contributed by atoms with van der Waals surface area (Å²) in [5, 5.41) is 2.87. The molecule has 7 heteroatoms. The van der Waals surface area contributed by atoms with Crippen LogP contribution in [-0.2, 0) is 32.0 Å². The van der Waals surface area contributed by atoms with Gasteiger partial charge in [-0.25, -0.2) is 4.79 Å². The Balaban J connectivity index is 1.38. The summed E-state index contributed by atoms with van der Waals surface area (Å²) in [4.78, 5) is 52.0. The molecule has 0 radical (unpaired) electrons. The van der Waals surface area contributed by atoms with Gasteiger partial charge in [-0.1, -0.05) is 51.1 Å². The van der Waals surface area contributed by atoms with Crippen molar-refractivity contribution in [3.63, 3.8) is 0 Å². The number of nitrogens with one attached hydrogen (secondary N) is 1. The Bertz CT molecular complexity index is 1160. The van der Waals surface area contributed by atoms with Gasteiger partial charge in [0.1, 0.15) is 0 Å². The Morgan fingerprint density at radius 1 is 1.00 bits per heavy atom. The van der Waals surface area contributed by atoms with Crippen LogP contribution >= 0.6 is 0 Å². The minimum Gasteiger partial charge on any atom is -0.452 e. The van der Waals surface area contributed by atoms with Crippen molar-refractivity contribution < 1.29 is 23.9 Å². The first-order valence-electron chi connectivity index (χ1n) is 12.1. The zero-order chi connectivity index (χ0) is 25.1. The number of rotatable bonds is 7. The van der Waals surface area contributed by atoms with Gasteiger partial charge in [0.25, 0.3) is 5.91 Å². The number of carbonyl (C=O) groups is 4. The van der Waals surface area contributed by atoms with Crippen LogP contribution in [0.4, 0.5) is 11.4 Å². The van der Waals surface area contributed by atoms with Crippen molar-refractivity contribution in [2.75, 3.05) is 16.8 Å². The van der Waals surface area contributed by atoms with Crippen LogP contribution in [0.5, 0.6) is 0 Å². The third-order valence-electron chi connectivity index (χ3n) is 6.83. The molecule has 2 aromatic rings. The van der Waals surface area contributed by atoms with E-state index >= 15 is 0 Å². The summed E-state index contributed by atoms with van der Waals surface area (Å²) in [5.74, 6) is -2.16. The molecule has 4 rings (SSSR count). The van der Waals surface area contributed by atoms with Gasteiger partial charge in [-0.2, -0.15) is 0 Å². The number of ether oxygens (including phenoxy) is 1. The number of imide groups is 1. The SMILES string of the molecule is CCc1cccc(CC)c1NC(=O)COC(=O)c1ccc(N2C(=O)[C@@H]3[C@H](C)C=CC[C@H]3C2=O)cc1. The van der Waals surface area contributed by atoms with Crippen LogP contribution in [0.15, 0.2) is 54.6 Å². The van der Waals surface area contributed by atoms with Gasteiger partial charge < -0.3 is 10.1 Å². The van der Waals surface area contributed by atoms with Gasteiger partial charge in [-0.05, 0) is 60.6 Å². The number of para-hydroxylation sites is 1. The molecule has 0 bridgehead atoms. The van der Waals surface area contributed by atoms with Gasteiger partial charge in [0, 0.05) is 5.69 Å². The molecule has 1 aliphatic heterocycles. The summed E-state index contributed by atoms with van der Waals surface area (Å²) in [7, 11) is 0. The molecule has 1 aliphatic carbocycles. The van der Waals surface area contributed by atoms with E-state index in [-0.39, 0.29) is 35.1 Å². The number of benzene rings is 2. The number of nitrogens with zero attached hydrogens (tertiary/aromatic N) is 1. The lowest BCUT2D eigenvalue weighted by Crippen LogP contribution is -2.31. The third kappa shape index (κ3) is 4.76. The maximum absolute atomic E-state index is 12.9. The molecule has 1 N–H and O–H groups in total. The van der Waals surface area contributed by atoms with Crippen LogP contribution in [-0.4, -0.2) is 30.3 Å². The van der Waals surface area contributed by atoms with Gasteiger partial charge in [-0.3, -0.25) is 19.3 Å². The highest BCUT2D eigenvalue weighted by atomic mass is 16.5. The second kappa shape index (κ2) is 10.3. The molecule has 1 fully saturated rings. The molecule has 3 amide bonds. The monoisotopic (exact) mass is 474 g/mol. The van der Waals surface area contributed by atoms with Crippen molar-refractivity contribution in [1.29, 1.82) is 0 Å². The molecule has 0 spiro atoms. The van der Waals surface area contributed by atoms with Gasteiger partial charge >= 0.3 is 5.97 Å². The quantitative estimate of drug-likeness (QED) is 0.367. The first kappa shape index (κ1) is 24.4. The summed E-state index contributed by atoms with van der Waals surface area (Å²) < 4.78 is 5.20. The number of hydrogen-bond acceptors (Lipinski definition) is 5. The van der Waals surface area contributed by atoms with E-state index in [0.29, 0.717) is 12.1 Å². The average Bonchev–Trinajstić information content (AvgIpc) is 3.13. The van der Waals surface area contributed by atoms with E-state index in [1.807, 2.05) is 51.1 Å². The smallest absolute Gasteiger partial charge is 0.338 e. The summed E-state index contributed by atoms with van der Waals surface area (Å²) in [6.07, 6.45) is 6.04. The van der Waals surface area contributed by atoms with E-state index in [1.54, 1.807) is 12.1 Å². The number of anilines is 2. The van der Waals surface area contributed by atoms with Crippen molar-refractivity contribution in [2.45, 2.75) is 40.0 Å². The van der Waals surface area contributed by atoms with Gasteiger partial charge in [-0.15, -0.1) is 0 Å². The maximum atomic E-state index is 12.9. The first-order chi connectivity index (χ1) is 16.8. The molecule has 2 aliphatic rings. The number of amides is 3. The van der Waals surface area contributed by atoms with Crippen molar-refractivity contribution in [3.8, 4) is 0 Å². The predicted molar refractivity (Wildman–Crippen MR) is 133 cm³/mol. The number of carbonyl (C=O) groups excluding carboxylic acids is 4. The topological polar surface area (TPSA) is 92.8 Å². The van der Waals surface area contributed by atoms with Crippen LogP contribution in [0.3, 0.4) is 0 Å². The van der Waals surface area contributed by atoms with Gasteiger partial charge in [0.2, 0.25) is 11.8 Å². The van der Waals surface area contributed by atoms with Gasteiger partial charge in [0.15, 0.2) is 6.61 Å². The molecule has 1 saturated heterocycles. The van der Waals surface area contributed by atoms with E-state index in [9.17, 15) is 19.2 Å². The molecule has 182 valence electrons. The van der Waals surface area contributed by atoms with Crippen molar-refractivity contribution in [3.05, 3.63) is 71.3 Å². The number of aryl methyl sites for hydroxylation is 2. The molecular weight excluding hydrogens is 444 g/mol. The summed E-state index contributed by atoms with van der Waals surface area (Å²) in [5.41, 5.74) is 3.48. The number of hydrogen-bond donors (Lipinski definition) is 1. The second-order valence-corrected chi connectivity index (χ2v) is 9.00. The molecule has 1 heterocycles. The summed E-state index contributed by atoms with van der Waals surface area (Å²) in [6, 6.07) is 12.0. The van der Waals surface area contributed by atoms with Crippen molar-refractivity contribution in [2.24, 2.45) is 17.8 Å². The molecule has 0 aromatic heterocycles. The van der Waals surface area contributed by atoms with E-state index in [0.717, 1.165) is 29.7 Å². The van der Waals surface area contributed by atoms with E-state index < -0.39 is 18.5 Å². The first-order valence-corrected chi connectivity index (χ1v) is 12.1. The standard InChI is InChI=1S/C28H30N2O5/c1-4-18-9-7-10-19(5-2)25(18)29-23(31)16-35-28(34)20-12-14-21(15-13-20)30-26(32)22-11-6-8-17(3)24(22)27(30)33/h6-10,12-15,17,22,24H,4-5,11,16H2,1-3H3,(H,29,31)/t17-,22-,24-/m1/s1. The Morgan fingerprint density at radius 3 is 2.26 bits per heavy atom. The normalized spacial score (nSPS) is 21.1. The summed E-state index contributed by atoms with van der Waals surface area (Å²) >= 11 is 0. The van der Waals surface area contributed by atoms with Gasteiger partial charge in [0.05, 0.1) is 23.1 Å². The lowest BCUT2D eigenvalue weighted by molar-refractivity contribution is -0.123. The Morgan fingerprint density at radius 2 is 1.66 bits per heavy atom. The lowest BCUT2D eigenvalue weighted by atomic mass is 9.78. The molecule has 7 nitrogen and oxygen atoms in total. The molecule has 0 unspecified atom stereocenters. The summed E-state index contributed by atoms with van der Waals surface area (Å²) in [6.45, 7) is 5.56. The van der Waals surface area contributed by atoms with Crippen LogP contribution < -0.4 is 10.2 Å². The Kier molecular flexibility index (Phi) is 7.15. The minimum absolute atomic E-state index is 0.00768. The largest absolute Gasteiger partial charge is 0.452 e. The number of allylic oxidation sites excluding steroid dienone is 2. The highest BCUT2D eigenvalue weighted by Crippen LogP contribution is 2.40. The zero-order valence-corrected chi connectivity index (χ0v) is 20.2. The van der Waals surface area contributed by atoms with E-state index in [1.165, 1.54) is 17.0 Å². The molecular formula is C28H30N2O5. The fourth-order valence-corrected chi connectivity index (χ4v) is 4.94. The Labute approximate surface area is 205 Å². The minimum atomic E-state index is -0.656. The highest BCUT2D eigenvalue weighted by Gasteiger charge is 2.50. The number of fused-ring (bicyclic) bond motifs is 1. The maximum Gasteiger partial charge on any atom is 0.338 e. The predicted octanol–water partition coefficient (Wildman–Crippen LogP) is 4.31. The van der Waals surface area contributed by atoms with Crippen LogP contribution in [0.25, 0.3) is 0 Å². The van der Waals surface area contributed by atoms with Crippen LogP contribution in [0.2, 0.25) is 0 Å². The fourth-order valence-electron chi connectivity index (χ4n) is 4.94. The van der Waals surface area contributed by atoms with E-state index in [4.69, 9.17) is 4.74 Å². The zero-order valence-electron chi connectivity index (χ0n) is 20.2.